The SMILES string of the molecule is O=C(/C=C/c1cccnc1)NCCC1C2CN(C(=O)c3ccccc3)CC12. The summed E-state index contributed by atoms with van der Waals surface area (Å²) in [5.41, 5.74) is 1.68. The zero-order chi connectivity index (χ0) is 18.6. The Hall–Kier alpha value is -2.95. The van der Waals surface area contributed by atoms with E-state index >= 15 is 0 Å². The van der Waals surface area contributed by atoms with Gasteiger partial charge in [0.1, 0.15) is 0 Å². The van der Waals surface area contributed by atoms with Gasteiger partial charge in [0.25, 0.3) is 5.91 Å². The van der Waals surface area contributed by atoms with E-state index in [1.807, 2.05) is 47.4 Å². The van der Waals surface area contributed by atoms with Gasteiger partial charge in [-0.25, -0.2) is 0 Å². The van der Waals surface area contributed by atoms with Gasteiger partial charge in [0.15, 0.2) is 0 Å². The lowest BCUT2D eigenvalue weighted by atomic mass is 10.1. The van der Waals surface area contributed by atoms with Gasteiger partial charge >= 0.3 is 0 Å². The van der Waals surface area contributed by atoms with Gasteiger partial charge in [-0.15, -0.1) is 0 Å². The first-order chi connectivity index (χ1) is 13.2. The molecule has 1 saturated carbocycles. The summed E-state index contributed by atoms with van der Waals surface area (Å²) in [6.07, 6.45) is 7.72. The van der Waals surface area contributed by atoms with Gasteiger partial charge in [0.05, 0.1) is 0 Å². The lowest BCUT2D eigenvalue weighted by molar-refractivity contribution is -0.116. The number of hydrogen-bond donors (Lipinski definition) is 1. The normalized spacial score (nSPS) is 23.3. The maximum atomic E-state index is 12.5. The molecule has 1 aromatic heterocycles. The Balaban J connectivity index is 1.17. The molecule has 5 heteroatoms. The molecule has 2 amide bonds. The molecular weight excluding hydrogens is 338 g/mol. The van der Waals surface area contributed by atoms with E-state index in [9.17, 15) is 9.59 Å². The molecule has 2 aliphatic rings. The fourth-order valence-electron chi connectivity index (χ4n) is 4.07. The molecular formula is C22H23N3O2. The Morgan fingerprint density at radius 1 is 1.11 bits per heavy atom. The minimum atomic E-state index is -0.0782. The minimum absolute atomic E-state index is 0.0782. The van der Waals surface area contributed by atoms with E-state index in [4.69, 9.17) is 0 Å². The first kappa shape index (κ1) is 17.5. The van der Waals surface area contributed by atoms with Crippen LogP contribution in [-0.2, 0) is 4.79 Å². The number of piperidine rings is 1. The van der Waals surface area contributed by atoms with Crippen LogP contribution in [0.5, 0.6) is 0 Å². The predicted octanol–water partition coefficient (Wildman–Crippen LogP) is 2.62. The van der Waals surface area contributed by atoms with Gasteiger partial charge in [-0.3, -0.25) is 14.6 Å². The molecule has 1 aromatic carbocycles. The Bertz CT molecular complexity index is 823. The van der Waals surface area contributed by atoms with E-state index < -0.39 is 0 Å². The summed E-state index contributed by atoms with van der Waals surface area (Å²) in [5.74, 6) is 1.88. The molecule has 27 heavy (non-hydrogen) atoms. The molecule has 1 saturated heterocycles. The van der Waals surface area contributed by atoms with Crippen LogP contribution in [0.3, 0.4) is 0 Å². The van der Waals surface area contributed by atoms with Crippen LogP contribution in [0.25, 0.3) is 6.08 Å². The average molecular weight is 361 g/mol. The summed E-state index contributed by atoms with van der Waals surface area (Å²) in [6.45, 7) is 2.37. The van der Waals surface area contributed by atoms with Crippen LogP contribution >= 0.6 is 0 Å². The average Bonchev–Trinajstić information content (AvgIpc) is 3.16. The number of likely N-dealkylation sites (tertiary alicyclic amines) is 1. The molecule has 4 rings (SSSR count). The van der Waals surface area contributed by atoms with Crippen LogP contribution in [0.15, 0.2) is 60.9 Å². The number of amides is 2. The summed E-state index contributed by atoms with van der Waals surface area (Å²) in [7, 11) is 0. The molecule has 1 aliphatic heterocycles. The third-order valence-corrected chi connectivity index (χ3v) is 5.57. The molecule has 2 atom stereocenters. The first-order valence-corrected chi connectivity index (χ1v) is 9.42. The standard InChI is InChI=1S/C22H23N3O2/c26-21(9-8-16-5-4-11-23-13-16)24-12-10-18-19-14-25(15-20(18)19)22(27)17-6-2-1-3-7-17/h1-9,11,13,18-20H,10,12,14-15H2,(H,24,26)/b9-8+. The fraction of sp³-hybridized carbons (Fsp3) is 0.318. The number of nitrogens with zero attached hydrogens (tertiary/aromatic N) is 2. The van der Waals surface area contributed by atoms with Crippen LogP contribution in [0, 0.1) is 17.8 Å². The molecule has 0 spiro atoms. The van der Waals surface area contributed by atoms with E-state index in [1.54, 1.807) is 24.5 Å². The highest BCUT2D eigenvalue weighted by Gasteiger charge is 2.55. The van der Waals surface area contributed by atoms with Gasteiger partial charge in [-0.2, -0.15) is 0 Å². The number of aromatic nitrogens is 1. The van der Waals surface area contributed by atoms with Crippen molar-refractivity contribution in [2.75, 3.05) is 19.6 Å². The molecule has 1 N–H and O–H groups in total. The molecule has 2 heterocycles. The smallest absolute Gasteiger partial charge is 0.253 e. The summed E-state index contributed by atoms with van der Waals surface area (Å²) in [5, 5.41) is 2.95. The summed E-state index contributed by atoms with van der Waals surface area (Å²) in [4.78, 5) is 30.3. The second-order valence-corrected chi connectivity index (χ2v) is 7.27. The number of hydrogen-bond acceptors (Lipinski definition) is 3. The zero-order valence-electron chi connectivity index (χ0n) is 15.1. The maximum absolute atomic E-state index is 12.5. The van der Waals surface area contributed by atoms with Crippen LogP contribution in [0.2, 0.25) is 0 Å². The third-order valence-electron chi connectivity index (χ3n) is 5.57. The number of rotatable bonds is 6. The molecule has 0 bridgehead atoms. The van der Waals surface area contributed by atoms with Crippen LogP contribution in [0.1, 0.15) is 22.3 Å². The van der Waals surface area contributed by atoms with Gasteiger partial charge in [-0.05, 0) is 54.0 Å². The molecule has 1 aliphatic carbocycles. The lowest BCUT2D eigenvalue weighted by Crippen LogP contribution is -2.32. The molecule has 2 fully saturated rings. The van der Waals surface area contributed by atoms with Crippen molar-refractivity contribution in [1.29, 1.82) is 0 Å². The minimum Gasteiger partial charge on any atom is -0.353 e. The number of nitrogens with one attached hydrogen (secondary N) is 1. The topological polar surface area (TPSA) is 62.3 Å². The quantitative estimate of drug-likeness (QED) is 0.805. The molecule has 5 nitrogen and oxygen atoms in total. The highest BCUT2D eigenvalue weighted by molar-refractivity contribution is 5.94. The highest BCUT2D eigenvalue weighted by Crippen LogP contribution is 2.53. The number of fused-ring (bicyclic) bond motifs is 1. The third kappa shape index (κ3) is 4.08. The number of carbonyl (C=O) groups is 2. The molecule has 0 radical (unpaired) electrons. The van der Waals surface area contributed by atoms with E-state index in [0.29, 0.717) is 24.3 Å². The summed E-state index contributed by atoms with van der Waals surface area (Å²) >= 11 is 0. The molecule has 138 valence electrons. The highest BCUT2D eigenvalue weighted by atomic mass is 16.2. The van der Waals surface area contributed by atoms with Crippen molar-refractivity contribution in [3.8, 4) is 0 Å². The second kappa shape index (κ2) is 7.74. The molecule has 2 aromatic rings. The molecule has 2 unspecified atom stereocenters. The number of carbonyl (C=O) groups excluding carboxylic acids is 2. The van der Waals surface area contributed by atoms with E-state index in [0.717, 1.165) is 30.6 Å². The Morgan fingerprint density at radius 3 is 2.59 bits per heavy atom. The van der Waals surface area contributed by atoms with Crippen molar-refractivity contribution in [1.82, 2.24) is 15.2 Å². The van der Waals surface area contributed by atoms with Crippen molar-refractivity contribution in [3.63, 3.8) is 0 Å². The monoisotopic (exact) mass is 361 g/mol. The van der Waals surface area contributed by atoms with Crippen molar-refractivity contribution in [2.24, 2.45) is 17.8 Å². The number of benzene rings is 1. The van der Waals surface area contributed by atoms with Gasteiger partial charge < -0.3 is 10.2 Å². The van der Waals surface area contributed by atoms with Crippen molar-refractivity contribution >= 4 is 17.9 Å². The zero-order valence-corrected chi connectivity index (χ0v) is 15.1. The summed E-state index contributed by atoms with van der Waals surface area (Å²) in [6, 6.07) is 13.2. The maximum Gasteiger partial charge on any atom is 0.253 e. The van der Waals surface area contributed by atoms with Crippen LogP contribution < -0.4 is 5.32 Å². The van der Waals surface area contributed by atoms with E-state index in [2.05, 4.69) is 10.3 Å². The van der Waals surface area contributed by atoms with Crippen LogP contribution in [-0.4, -0.2) is 41.3 Å². The predicted molar refractivity (Wildman–Crippen MR) is 104 cm³/mol. The van der Waals surface area contributed by atoms with Crippen molar-refractivity contribution < 1.29 is 9.59 Å². The first-order valence-electron chi connectivity index (χ1n) is 9.42. The lowest BCUT2D eigenvalue weighted by Gasteiger charge is -2.20. The Labute approximate surface area is 159 Å². The summed E-state index contributed by atoms with van der Waals surface area (Å²) < 4.78 is 0. The fourth-order valence-corrected chi connectivity index (χ4v) is 4.07. The Morgan fingerprint density at radius 2 is 1.89 bits per heavy atom. The van der Waals surface area contributed by atoms with Crippen molar-refractivity contribution in [3.05, 3.63) is 72.1 Å². The van der Waals surface area contributed by atoms with Crippen molar-refractivity contribution in [2.45, 2.75) is 6.42 Å². The van der Waals surface area contributed by atoms with Gasteiger partial charge in [0.2, 0.25) is 5.91 Å². The van der Waals surface area contributed by atoms with Crippen LogP contribution in [0.4, 0.5) is 0 Å². The van der Waals surface area contributed by atoms with Gasteiger partial charge in [-0.1, -0.05) is 24.3 Å². The number of pyridine rings is 1. The van der Waals surface area contributed by atoms with E-state index in [-0.39, 0.29) is 11.8 Å². The largest absolute Gasteiger partial charge is 0.353 e. The Kier molecular flexibility index (Phi) is 5.01. The van der Waals surface area contributed by atoms with E-state index in [1.165, 1.54) is 0 Å². The van der Waals surface area contributed by atoms with Gasteiger partial charge in [0, 0.05) is 43.7 Å². The second-order valence-electron chi connectivity index (χ2n) is 7.27.